The van der Waals surface area contributed by atoms with Crippen molar-refractivity contribution in [3.63, 3.8) is 0 Å². The largest absolute Gasteiger partial charge is 0.256 e. The van der Waals surface area contributed by atoms with E-state index in [0.717, 1.165) is 11.3 Å². The molecule has 5 aromatic rings. The summed E-state index contributed by atoms with van der Waals surface area (Å²) in [4.78, 5) is 4.61. The minimum atomic E-state index is 0.305. The minimum absolute atomic E-state index is 0.305. The van der Waals surface area contributed by atoms with Crippen LogP contribution in [0.4, 0.5) is 0 Å². The van der Waals surface area contributed by atoms with Gasteiger partial charge in [-0.05, 0) is 48.4 Å². The number of rotatable bonds is 3. The monoisotopic (exact) mass is 451 g/mol. The van der Waals surface area contributed by atoms with Gasteiger partial charge in [0.15, 0.2) is 18.4 Å². The number of allylic oxidation sites excluding steroid dienone is 2. The van der Waals surface area contributed by atoms with Crippen LogP contribution < -0.4 is 9.13 Å². The van der Waals surface area contributed by atoms with E-state index >= 15 is 0 Å². The van der Waals surface area contributed by atoms with E-state index in [2.05, 4.69) is 124 Å². The van der Waals surface area contributed by atoms with Gasteiger partial charge < -0.3 is 0 Å². The Morgan fingerprint density at radius 1 is 0.714 bits per heavy atom. The average Bonchev–Trinajstić information content (AvgIpc) is 2.90. The third-order valence-corrected chi connectivity index (χ3v) is 7.40. The van der Waals surface area contributed by atoms with E-state index in [1.54, 1.807) is 0 Å². The molecule has 0 saturated carbocycles. The van der Waals surface area contributed by atoms with E-state index in [4.69, 9.17) is 0 Å². The molecule has 2 aromatic carbocycles. The summed E-state index contributed by atoms with van der Waals surface area (Å²) in [5.74, 6) is 0.305. The molecule has 2 unspecified atom stereocenters. The van der Waals surface area contributed by atoms with Crippen molar-refractivity contribution in [2.45, 2.75) is 18.9 Å². The molecule has 2 aliphatic rings. The van der Waals surface area contributed by atoms with Gasteiger partial charge in [-0.25, -0.2) is 0 Å². The van der Waals surface area contributed by atoms with Gasteiger partial charge in [0, 0.05) is 41.6 Å². The zero-order chi connectivity index (χ0) is 23.4. The molecule has 0 N–H and O–H groups in total. The number of pyridine rings is 3. The third-order valence-electron chi connectivity index (χ3n) is 7.40. The molecule has 2 atom stereocenters. The minimum Gasteiger partial charge on any atom is -0.256 e. The van der Waals surface area contributed by atoms with Crippen molar-refractivity contribution in [3.8, 4) is 33.8 Å². The van der Waals surface area contributed by atoms with E-state index in [1.165, 1.54) is 39.3 Å². The van der Waals surface area contributed by atoms with Crippen LogP contribution in [-0.4, -0.2) is 4.98 Å². The number of hydrogen-bond acceptors (Lipinski definition) is 1. The van der Waals surface area contributed by atoms with Gasteiger partial charge in [-0.3, -0.25) is 4.98 Å². The number of nitrogens with zero attached hydrogens (tertiary/aromatic N) is 3. The summed E-state index contributed by atoms with van der Waals surface area (Å²) in [6.07, 6.45) is 8.72. The highest BCUT2D eigenvalue weighted by atomic mass is 15.1. The first kappa shape index (κ1) is 20.0. The molecule has 0 saturated heterocycles. The van der Waals surface area contributed by atoms with Crippen LogP contribution in [0.1, 0.15) is 23.1 Å². The van der Waals surface area contributed by atoms with E-state index in [-0.39, 0.29) is 0 Å². The molecule has 1 aliphatic carbocycles. The Labute approximate surface area is 205 Å². The van der Waals surface area contributed by atoms with E-state index in [9.17, 15) is 0 Å². The number of aryl methyl sites for hydroxylation is 1. The van der Waals surface area contributed by atoms with Gasteiger partial charge in [-0.2, -0.15) is 9.13 Å². The standard InChI is InChI=1S/C32H25N3/c1-22-10-2-3-11-24(22)29-20-23(27-14-6-8-17-33-27)16-19-35(29)31-21-30-32(31)26-13-5-4-12-25(26)28-15-7-9-18-34(28)30/h2-21,30,32H,1H3/q+2. The molecular weight excluding hydrogens is 426 g/mol. The summed E-state index contributed by atoms with van der Waals surface area (Å²) in [5.41, 5.74) is 11.2. The molecule has 1 aliphatic heterocycles. The Balaban J connectivity index is 1.44. The zero-order valence-corrected chi connectivity index (χ0v) is 19.5. The second kappa shape index (κ2) is 7.85. The highest BCUT2D eigenvalue weighted by Crippen LogP contribution is 2.49. The number of aromatic nitrogens is 3. The first-order valence-electron chi connectivity index (χ1n) is 12.1. The van der Waals surface area contributed by atoms with Crippen LogP contribution in [0.3, 0.4) is 0 Å². The molecule has 3 aromatic heterocycles. The maximum absolute atomic E-state index is 4.61. The van der Waals surface area contributed by atoms with Crippen molar-refractivity contribution in [2.24, 2.45) is 0 Å². The normalized spacial score (nSPS) is 17.5. The van der Waals surface area contributed by atoms with Crippen molar-refractivity contribution in [1.82, 2.24) is 4.98 Å². The molecule has 7 rings (SSSR count). The molecule has 0 spiro atoms. The second-order valence-corrected chi connectivity index (χ2v) is 9.34. The number of hydrogen-bond donors (Lipinski definition) is 0. The van der Waals surface area contributed by atoms with Crippen LogP contribution in [-0.2, 0) is 0 Å². The number of benzene rings is 2. The fourth-order valence-electron chi connectivity index (χ4n) is 5.68. The molecule has 3 heteroatoms. The molecule has 4 heterocycles. The maximum atomic E-state index is 4.61. The Bertz CT molecular complexity index is 1620. The predicted octanol–water partition coefficient (Wildman–Crippen LogP) is 6.16. The molecule has 0 amide bonds. The van der Waals surface area contributed by atoms with Gasteiger partial charge >= 0.3 is 0 Å². The predicted molar refractivity (Wildman–Crippen MR) is 138 cm³/mol. The Kier molecular flexibility index (Phi) is 4.49. The average molecular weight is 452 g/mol. The fraction of sp³-hybridized carbons (Fsp3) is 0.0938. The lowest BCUT2D eigenvalue weighted by Gasteiger charge is -2.34. The van der Waals surface area contributed by atoms with Crippen molar-refractivity contribution >= 4 is 5.70 Å². The van der Waals surface area contributed by atoms with Crippen molar-refractivity contribution < 1.29 is 9.13 Å². The Morgan fingerprint density at radius 2 is 1.51 bits per heavy atom. The lowest BCUT2D eigenvalue weighted by atomic mass is 9.73. The summed E-state index contributed by atoms with van der Waals surface area (Å²) < 4.78 is 4.81. The summed E-state index contributed by atoms with van der Waals surface area (Å²) in [6.45, 7) is 2.19. The van der Waals surface area contributed by atoms with Gasteiger partial charge in [-0.1, -0.05) is 42.5 Å². The van der Waals surface area contributed by atoms with Crippen molar-refractivity contribution in [3.05, 3.63) is 133 Å². The summed E-state index contributed by atoms with van der Waals surface area (Å²) >= 11 is 0. The van der Waals surface area contributed by atoms with Gasteiger partial charge in [-0.15, -0.1) is 0 Å². The molecule has 166 valence electrons. The van der Waals surface area contributed by atoms with Gasteiger partial charge in [0.05, 0.1) is 17.3 Å². The van der Waals surface area contributed by atoms with Crippen LogP contribution in [0, 0.1) is 6.92 Å². The molecule has 3 nitrogen and oxygen atoms in total. The SMILES string of the molecule is Cc1ccccc1-c1cc(-c2ccccn2)cc[n+]1C1=CC2C1c1ccccc1-c1cccc[n+]12. The van der Waals surface area contributed by atoms with Crippen LogP contribution in [0.5, 0.6) is 0 Å². The summed E-state index contributed by atoms with van der Waals surface area (Å²) in [6, 6.07) is 34.9. The molecular formula is C32H25N3+2. The Hall–Kier alpha value is -4.37. The molecule has 0 radical (unpaired) electrons. The highest BCUT2D eigenvalue weighted by molar-refractivity contribution is 5.74. The van der Waals surface area contributed by atoms with Gasteiger partial charge in [0.2, 0.25) is 17.1 Å². The summed E-state index contributed by atoms with van der Waals surface area (Å²) in [5, 5.41) is 0. The second-order valence-electron chi connectivity index (χ2n) is 9.34. The first-order valence-corrected chi connectivity index (χ1v) is 12.1. The Morgan fingerprint density at radius 3 is 2.37 bits per heavy atom. The van der Waals surface area contributed by atoms with Gasteiger partial charge in [0.1, 0.15) is 5.92 Å². The van der Waals surface area contributed by atoms with E-state index in [1.807, 2.05) is 18.3 Å². The smallest absolute Gasteiger partial charge is 0.219 e. The van der Waals surface area contributed by atoms with E-state index in [0.29, 0.717) is 12.0 Å². The highest BCUT2D eigenvalue weighted by Gasteiger charge is 2.52. The third kappa shape index (κ3) is 3.08. The first-order chi connectivity index (χ1) is 17.3. The van der Waals surface area contributed by atoms with Crippen LogP contribution >= 0.6 is 0 Å². The van der Waals surface area contributed by atoms with E-state index < -0.39 is 0 Å². The molecule has 35 heavy (non-hydrogen) atoms. The van der Waals surface area contributed by atoms with Crippen molar-refractivity contribution in [2.75, 3.05) is 0 Å². The summed E-state index contributed by atoms with van der Waals surface area (Å²) in [7, 11) is 0. The molecule has 0 fully saturated rings. The fourth-order valence-corrected chi connectivity index (χ4v) is 5.68. The van der Waals surface area contributed by atoms with Crippen LogP contribution in [0.2, 0.25) is 0 Å². The number of fused-ring (bicyclic) bond motifs is 6. The molecule has 0 bridgehead atoms. The topological polar surface area (TPSA) is 20.6 Å². The van der Waals surface area contributed by atoms with Crippen LogP contribution in [0.15, 0.2) is 122 Å². The lowest BCUT2D eigenvalue weighted by molar-refractivity contribution is -0.715. The van der Waals surface area contributed by atoms with Gasteiger partial charge in [0.25, 0.3) is 0 Å². The zero-order valence-electron chi connectivity index (χ0n) is 19.5. The van der Waals surface area contributed by atoms with Crippen molar-refractivity contribution in [1.29, 1.82) is 0 Å². The van der Waals surface area contributed by atoms with Crippen LogP contribution in [0.25, 0.3) is 39.5 Å². The maximum Gasteiger partial charge on any atom is 0.219 e. The quantitative estimate of drug-likeness (QED) is 0.301. The lowest BCUT2D eigenvalue weighted by Crippen LogP contribution is -2.55.